The van der Waals surface area contributed by atoms with E-state index in [4.69, 9.17) is 4.74 Å². The van der Waals surface area contributed by atoms with Crippen LogP contribution in [0.4, 0.5) is 0 Å². The normalized spacial score (nSPS) is 10.8. The van der Waals surface area contributed by atoms with E-state index in [0.29, 0.717) is 6.61 Å². The Bertz CT molecular complexity index is 532. The molecule has 0 atom stereocenters. The molecule has 2 rings (SSSR count). The van der Waals surface area contributed by atoms with Gasteiger partial charge in [-0.25, -0.2) is 0 Å². The average molecular weight is 239 g/mol. The van der Waals surface area contributed by atoms with Gasteiger partial charge in [-0.3, -0.25) is 4.99 Å². The highest BCUT2D eigenvalue weighted by molar-refractivity contribution is 5.82. The lowest BCUT2D eigenvalue weighted by Gasteiger charge is -2.08. The summed E-state index contributed by atoms with van der Waals surface area (Å²) in [6.45, 7) is 2.66. The first-order valence-electron chi connectivity index (χ1n) is 5.99. The number of hydrogen-bond acceptors (Lipinski definition) is 2. The van der Waals surface area contributed by atoms with Crippen LogP contribution < -0.4 is 4.74 Å². The molecule has 0 fully saturated rings. The van der Waals surface area contributed by atoms with Crippen LogP contribution in [0.5, 0.6) is 5.75 Å². The summed E-state index contributed by atoms with van der Waals surface area (Å²) >= 11 is 0. The lowest BCUT2D eigenvalue weighted by molar-refractivity contribution is 0.306. The molecular formula is C16H17NO. The summed E-state index contributed by atoms with van der Waals surface area (Å²) in [5, 5.41) is 0. The molecule has 2 aromatic carbocycles. The summed E-state index contributed by atoms with van der Waals surface area (Å²) in [6.07, 6.45) is 1.85. The first-order chi connectivity index (χ1) is 8.79. The fraction of sp³-hybridized carbons (Fsp3) is 0.188. The summed E-state index contributed by atoms with van der Waals surface area (Å²) in [4.78, 5) is 4.05. The van der Waals surface area contributed by atoms with Crippen molar-refractivity contribution in [2.75, 3.05) is 7.05 Å². The molecule has 2 aromatic rings. The predicted molar refractivity (Wildman–Crippen MR) is 75.5 cm³/mol. The average Bonchev–Trinajstić information content (AvgIpc) is 2.41. The Morgan fingerprint density at radius 3 is 2.61 bits per heavy atom. The second-order valence-electron chi connectivity index (χ2n) is 4.18. The zero-order chi connectivity index (χ0) is 12.8. The van der Waals surface area contributed by atoms with Gasteiger partial charge >= 0.3 is 0 Å². The summed E-state index contributed by atoms with van der Waals surface area (Å²) in [6, 6.07) is 16.2. The summed E-state index contributed by atoms with van der Waals surface area (Å²) in [5.74, 6) is 0.874. The molecule has 0 heterocycles. The minimum Gasteiger partial charge on any atom is -0.489 e. The smallest absolute Gasteiger partial charge is 0.120 e. The molecule has 0 aromatic heterocycles. The van der Waals surface area contributed by atoms with Crippen molar-refractivity contribution in [1.82, 2.24) is 0 Å². The molecular weight excluding hydrogens is 222 g/mol. The molecule has 2 nitrogen and oxygen atoms in total. The third-order valence-corrected chi connectivity index (χ3v) is 2.77. The molecule has 0 bridgehead atoms. The molecule has 0 spiro atoms. The minimum absolute atomic E-state index is 0.590. The van der Waals surface area contributed by atoms with Gasteiger partial charge in [0.1, 0.15) is 12.4 Å². The van der Waals surface area contributed by atoms with Crippen molar-refractivity contribution in [1.29, 1.82) is 0 Å². The summed E-state index contributed by atoms with van der Waals surface area (Å²) in [5.41, 5.74) is 3.47. The Morgan fingerprint density at radius 1 is 1.11 bits per heavy atom. The molecule has 0 saturated heterocycles. The molecule has 0 amide bonds. The van der Waals surface area contributed by atoms with E-state index in [2.05, 4.69) is 30.1 Å². The number of ether oxygens (including phenoxy) is 1. The largest absolute Gasteiger partial charge is 0.489 e. The first kappa shape index (κ1) is 12.4. The van der Waals surface area contributed by atoms with E-state index < -0.39 is 0 Å². The zero-order valence-electron chi connectivity index (χ0n) is 10.8. The lowest BCUT2D eigenvalue weighted by Crippen LogP contribution is -1.96. The topological polar surface area (TPSA) is 21.6 Å². The van der Waals surface area contributed by atoms with Gasteiger partial charge in [-0.05, 0) is 35.7 Å². The van der Waals surface area contributed by atoms with Crippen LogP contribution in [0.1, 0.15) is 16.7 Å². The van der Waals surface area contributed by atoms with Gasteiger partial charge in [0.2, 0.25) is 0 Å². The summed E-state index contributed by atoms with van der Waals surface area (Å²) < 4.78 is 5.77. The molecule has 0 radical (unpaired) electrons. The number of aryl methyl sites for hydroxylation is 1. The number of rotatable bonds is 4. The van der Waals surface area contributed by atoms with Crippen LogP contribution in [0.2, 0.25) is 0 Å². The van der Waals surface area contributed by atoms with Crippen LogP contribution in [0.25, 0.3) is 0 Å². The maximum atomic E-state index is 5.77. The molecule has 18 heavy (non-hydrogen) atoms. The number of aliphatic imine (C=N–C) groups is 1. The van der Waals surface area contributed by atoms with Crippen molar-refractivity contribution in [3.63, 3.8) is 0 Å². The third-order valence-electron chi connectivity index (χ3n) is 2.77. The zero-order valence-corrected chi connectivity index (χ0v) is 10.8. The summed E-state index contributed by atoms with van der Waals surface area (Å²) in [7, 11) is 1.77. The Kier molecular flexibility index (Phi) is 4.13. The fourth-order valence-electron chi connectivity index (χ4n) is 1.73. The Morgan fingerprint density at radius 2 is 1.89 bits per heavy atom. The molecule has 0 saturated carbocycles. The van der Waals surface area contributed by atoms with E-state index >= 15 is 0 Å². The molecule has 0 unspecified atom stereocenters. The van der Waals surface area contributed by atoms with Gasteiger partial charge in [0.25, 0.3) is 0 Å². The van der Waals surface area contributed by atoms with Gasteiger partial charge < -0.3 is 4.74 Å². The van der Waals surface area contributed by atoms with Crippen LogP contribution >= 0.6 is 0 Å². The number of benzene rings is 2. The Hall–Kier alpha value is -2.09. The molecule has 92 valence electrons. The number of hydrogen-bond donors (Lipinski definition) is 0. The standard InChI is InChI=1S/C16H17NO/c1-13-8-9-16(10-15(13)11-17-2)18-12-14-6-4-3-5-7-14/h3-11H,12H2,1-2H3. The second-order valence-corrected chi connectivity index (χ2v) is 4.18. The molecule has 0 aliphatic heterocycles. The van der Waals surface area contributed by atoms with E-state index in [1.807, 2.05) is 36.5 Å². The van der Waals surface area contributed by atoms with E-state index in [1.165, 1.54) is 11.1 Å². The highest BCUT2D eigenvalue weighted by atomic mass is 16.5. The van der Waals surface area contributed by atoms with Crippen LogP contribution in [-0.4, -0.2) is 13.3 Å². The minimum atomic E-state index is 0.590. The van der Waals surface area contributed by atoms with E-state index in [0.717, 1.165) is 11.3 Å². The van der Waals surface area contributed by atoms with Crippen LogP contribution in [0, 0.1) is 6.92 Å². The SMILES string of the molecule is CN=Cc1cc(OCc2ccccc2)ccc1C. The van der Waals surface area contributed by atoms with Crippen molar-refractivity contribution >= 4 is 6.21 Å². The van der Waals surface area contributed by atoms with Crippen molar-refractivity contribution < 1.29 is 4.74 Å². The highest BCUT2D eigenvalue weighted by Gasteiger charge is 1.99. The maximum absolute atomic E-state index is 5.77. The van der Waals surface area contributed by atoms with Crippen LogP contribution in [0.3, 0.4) is 0 Å². The van der Waals surface area contributed by atoms with Crippen LogP contribution in [0.15, 0.2) is 53.5 Å². The van der Waals surface area contributed by atoms with Crippen molar-refractivity contribution in [3.8, 4) is 5.75 Å². The van der Waals surface area contributed by atoms with E-state index in [9.17, 15) is 0 Å². The first-order valence-corrected chi connectivity index (χ1v) is 5.99. The van der Waals surface area contributed by atoms with E-state index in [-0.39, 0.29) is 0 Å². The molecule has 0 N–H and O–H groups in total. The predicted octanol–water partition coefficient (Wildman–Crippen LogP) is 3.62. The van der Waals surface area contributed by atoms with Gasteiger partial charge in [0, 0.05) is 13.3 Å². The van der Waals surface area contributed by atoms with Gasteiger partial charge in [0.15, 0.2) is 0 Å². The van der Waals surface area contributed by atoms with Crippen LogP contribution in [-0.2, 0) is 6.61 Å². The highest BCUT2D eigenvalue weighted by Crippen LogP contribution is 2.17. The lowest BCUT2D eigenvalue weighted by atomic mass is 10.1. The maximum Gasteiger partial charge on any atom is 0.120 e. The molecule has 0 aliphatic rings. The van der Waals surface area contributed by atoms with Gasteiger partial charge in [-0.15, -0.1) is 0 Å². The van der Waals surface area contributed by atoms with Crippen molar-refractivity contribution in [3.05, 3.63) is 65.2 Å². The van der Waals surface area contributed by atoms with Crippen molar-refractivity contribution in [2.45, 2.75) is 13.5 Å². The number of nitrogens with zero attached hydrogens (tertiary/aromatic N) is 1. The second kappa shape index (κ2) is 6.01. The van der Waals surface area contributed by atoms with E-state index in [1.54, 1.807) is 7.05 Å². The van der Waals surface area contributed by atoms with Gasteiger partial charge in [-0.2, -0.15) is 0 Å². The Balaban J connectivity index is 2.08. The Labute approximate surface area is 108 Å². The quantitative estimate of drug-likeness (QED) is 0.747. The van der Waals surface area contributed by atoms with Crippen molar-refractivity contribution in [2.24, 2.45) is 4.99 Å². The monoisotopic (exact) mass is 239 g/mol. The molecule has 0 aliphatic carbocycles. The fourth-order valence-corrected chi connectivity index (χ4v) is 1.73. The van der Waals surface area contributed by atoms with Gasteiger partial charge in [0.05, 0.1) is 0 Å². The third kappa shape index (κ3) is 3.20. The van der Waals surface area contributed by atoms with Gasteiger partial charge in [-0.1, -0.05) is 36.4 Å². The molecule has 2 heteroatoms.